The average Bonchev–Trinajstić information content (AvgIpc) is 3.10. The molecule has 1 rings (SSSR count). The molecule has 0 aliphatic heterocycles. The molecular formula is C13H24N2O3. The topological polar surface area (TPSA) is 92.4 Å². The lowest BCUT2D eigenvalue weighted by Crippen LogP contribution is -2.53. The molecule has 1 aliphatic carbocycles. The summed E-state index contributed by atoms with van der Waals surface area (Å²) in [5.41, 5.74) is 5.27. The van der Waals surface area contributed by atoms with Gasteiger partial charge in [-0.25, -0.2) is 0 Å². The second kappa shape index (κ2) is 6.73. The Balaban J connectivity index is 2.00. The quantitative estimate of drug-likeness (QED) is 0.542. The van der Waals surface area contributed by atoms with Crippen molar-refractivity contribution < 1.29 is 14.7 Å². The maximum Gasteiger partial charge on any atom is 0.303 e. The van der Waals surface area contributed by atoms with Gasteiger partial charge >= 0.3 is 5.97 Å². The van der Waals surface area contributed by atoms with Crippen LogP contribution in [0.5, 0.6) is 0 Å². The molecule has 1 unspecified atom stereocenters. The zero-order chi connectivity index (χ0) is 13.6. The maximum atomic E-state index is 11.8. The lowest BCUT2D eigenvalue weighted by atomic mass is 9.96. The Morgan fingerprint density at radius 2 is 1.89 bits per heavy atom. The van der Waals surface area contributed by atoms with Crippen molar-refractivity contribution in [3.8, 4) is 0 Å². The molecule has 5 heteroatoms. The van der Waals surface area contributed by atoms with Crippen LogP contribution in [0.1, 0.15) is 51.9 Å². The molecule has 0 radical (unpaired) electrons. The number of aliphatic carboxylic acids is 1. The highest BCUT2D eigenvalue weighted by atomic mass is 16.4. The number of carbonyl (C=O) groups is 2. The van der Waals surface area contributed by atoms with Gasteiger partial charge in [0.15, 0.2) is 0 Å². The monoisotopic (exact) mass is 256 g/mol. The number of nitrogens with two attached hydrogens (primary N) is 1. The third-order valence-electron chi connectivity index (χ3n) is 3.52. The summed E-state index contributed by atoms with van der Waals surface area (Å²) >= 11 is 0. The van der Waals surface area contributed by atoms with Crippen molar-refractivity contribution in [3.05, 3.63) is 0 Å². The molecule has 0 saturated heterocycles. The molecule has 1 saturated carbocycles. The molecular weight excluding hydrogens is 232 g/mol. The van der Waals surface area contributed by atoms with Crippen molar-refractivity contribution in [3.63, 3.8) is 0 Å². The summed E-state index contributed by atoms with van der Waals surface area (Å²) < 4.78 is 0. The summed E-state index contributed by atoms with van der Waals surface area (Å²) in [5.74, 6) is -0.463. The van der Waals surface area contributed by atoms with Crippen molar-refractivity contribution in [2.24, 2.45) is 11.7 Å². The highest BCUT2D eigenvalue weighted by Gasteiger charge is 2.43. The minimum atomic E-state index is -0.744. The van der Waals surface area contributed by atoms with E-state index in [-0.39, 0.29) is 12.3 Å². The van der Waals surface area contributed by atoms with Crippen molar-refractivity contribution in [1.82, 2.24) is 5.32 Å². The first-order valence-electron chi connectivity index (χ1n) is 6.73. The molecule has 0 bridgehead atoms. The van der Waals surface area contributed by atoms with E-state index in [0.29, 0.717) is 18.9 Å². The summed E-state index contributed by atoms with van der Waals surface area (Å²) in [6, 6.07) is 0. The molecule has 0 aromatic carbocycles. The molecule has 1 atom stereocenters. The first-order chi connectivity index (χ1) is 8.44. The number of hydrogen-bond donors (Lipinski definition) is 3. The van der Waals surface area contributed by atoms with Gasteiger partial charge in [-0.15, -0.1) is 0 Å². The minimum Gasteiger partial charge on any atom is -0.481 e. The van der Waals surface area contributed by atoms with Crippen molar-refractivity contribution in [2.75, 3.05) is 6.54 Å². The Hall–Kier alpha value is -1.10. The lowest BCUT2D eigenvalue weighted by Gasteiger charge is -2.23. The van der Waals surface area contributed by atoms with E-state index >= 15 is 0 Å². The number of amides is 1. The van der Waals surface area contributed by atoms with Crippen molar-refractivity contribution in [1.29, 1.82) is 0 Å². The Bertz CT molecular complexity index is 299. The smallest absolute Gasteiger partial charge is 0.303 e. The summed E-state index contributed by atoms with van der Waals surface area (Å²) in [6.45, 7) is 2.43. The van der Waals surface area contributed by atoms with Gasteiger partial charge in [0.25, 0.3) is 0 Å². The first kappa shape index (κ1) is 15.0. The summed E-state index contributed by atoms with van der Waals surface area (Å²) in [5, 5.41) is 11.3. The van der Waals surface area contributed by atoms with Gasteiger partial charge in [0, 0.05) is 13.0 Å². The van der Waals surface area contributed by atoms with Crippen LogP contribution in [0, 0.1) is 5.92 Å². The zero-order valence-electron chi connectivity index (χ0n) is 11.1. The van der Waals surface area contributed by atoms with Crippen LogP contribution >= 0.6 is 0 Å². The van der Waals surface area contributed by atoms with Gasteiger partial charge in [0.1, 0.15) is 0 Å². The van der Waals surface area contributed by atoms with E-state index in [0.717, 1.165) is 32.1 Å². The van der Waals surface area contributed by atoms with Crippen LogP contribution in [0.2, 0.25) is 0 Å². The predicted octanol–water partition coefficient (Wildman–Crippen LogP) is 1.27. The van der Waals surface area contributed by atoms with E-state index in [2.05, 4.69) is 5.32 Å². The summed E-state index contributed by atoms with van der Waals surface area (Å²) in [7, 11) is 0. The van der Waals surface area contributed by atoms with E-state index < -0.39 is 11.5 Å². The molecule has 5 nitrogen and oxygen atoms in total. The molecule has 18 heavy (non-hydrogen) atoms. The fourth-order valence-electron chi connectivity index (χ4n) is 2.02. The maximum absolute atomic E-state index is 11.8. The molecule has 1 amide bonds. The fraction of sp³-hybridized carbons (Fsp3) is 0.846. The van der Waals surface area contributed by atoms with E-state index in [1.165, 1.54) is 0 Å². The minimum absolute atomic E-state index is 0.0597. The Labute approximate surface area is 108 Å². The van der Waals surface area contributed by atoms with Crippen LogP contribution in [0.4, 0.5) is 0 Å². The lowest BCUT2D eigenvalue weighted by molar-refractivity contribution is -0.137. The zero-order valence-corrected chi connectivity index (χ0v) is 11.1. The highest BCUT2D eigenvalue weighted by Crippen LogP contribution is 2.38. The number of unbranched alkanes of at least 4 members (excludes halogenated alkanes) is 3. The molecule has 104 valence electrons. The number of nitrogens with one attached hydrogen (secondary N) is 1. The van der Waals surface area contributed by atoms with Gasteiger partial charge in [-0.3, -0.25) is 9.59 Å². The number of carboxylic acids is 1. The van der Waals surface area contributed by atoms with Crippen LogP contribution in [-0.2, 0) is 9.59 Å². The molecule has 0 aromatic heterocycles. The molecule has 0 spiro atoms. The highest BCUT2D eigenvalue weighted by molar-refractivity contribution is 5.86. The predicted molar refractivity (Wildman–Crippen MR) is 69.0 cm³/mol. The third-order valence-corrected chi connectivity index (χ3v) is 3.52. The summed E-state index contributed by atoms with van der Waals surface area (Å²) in [4.78, 5) is 22.1. The second-order valence-electron chi connectivity index (χ2n) is 5.37. The standard InChI is InChI=1S/C13H24N2O3/c1-13(14,10-7-8-10)12(18)15-9-5-3-2-4-6-11(16)17/h10H,2-9,14H2,1H3,(H,15,18)(H,16,17). The first-order valence-corrected chi connectivity index (χ1v) is 6.73. The van der Waals surface area contributed by atoms with Crippen LogP contribution in [0.25, 0.3) is 0 Å². The van der Waals surface area contributed by atoms with E-state index in [1.807, 2.05) is 0 Å². The van der Waals surface area contributed by atoms with Crippen LogP contribution in [0.3, 0.4) is 0 Å². The van der Waals surface area contributed by atoms with E-state index in [9.17, 15) is 9.59 Å². The molecule has 0 heterocycles. The Morgan fingerprint density at radius 3 is 2.44 bits per heavy atom. The second-order valence-corrected chi connectivity index (χ2v) is 5.37. The Kier molecular flexibility index (Phi) is 5.59. The summed E-state index contributed by atoms with van der Waals surface area (Å²) in [6.07, 6.45) is 5.76. The van der Waals surface area contributed by atoms with Crippen molar-refractivity contribution >= 4 is 11.9 Å². The van der Waals surface area contributed by atoms with Crippen LogP contribution < -0.4 is 11.1 Å². The third kappa shape index (κ3) is 5.04. The normalized spacial score (nSPS) is 18.1. The van der Waals surface area contributed by atoms with Crippen LogP contribution in [-0.4, -0.2) is 29.1 Å². The number of carboxylic acid groups (broad SMARTS) is 1. The SMILES string of the molecule is CC(N)(C(=O)NCCCCCCC(=O)O)C1CC1. The van der Waals surface area contributed by atoms with E-state index in [4.69, 9.17) is 10.8 Å². The van der Waals surface area contributed by atoms with Gasteiger partial charge in [-0.05, 0) is 38.5 Å². The number of rotatable bonds is 9. The molecule has 1 aliphatic rings. The fourth-order valence-corrected chi connectivity index (χ4v) is 2.02. The van der Waals surface area contributed by atoms with Gasteiger partial charge < -0.3 is 16.2 Å². The van der Waals surface area contributed by atoms with Gasteiger partial charge in [-0.1, -0.05) is 12.8 Å². The Morgan fingerprint density at radius 1 is 1.28 bits per heavy atom. The number of hydrogen-bond acceptors (Lipinski definition) is 3. The largest absolute Gasteiger partial charge is 0.481 e. The van der Waals surface area contributed by atoms with Gasteiger partial charge in [-0.2, -0.15) is 0 Å². The van der Waals surface area contributed by atoms with Gasteiger partial charge in [0.2, 0.25) is 5.91 Å². The average molecular weight is 256 g/mol. The molecule has 0 aromatic rings. The molecule has 1 fully saturated rings. The number of carbonyl (C=O) groups excluding carboxylic acids is 1. The molecule has 4 N–H and O–H groups in total. The van der Waals surface area contributed by atoms with Crippen molar-refractivity contribution in [2.45, 2.75) is 57.4 Å². The van der Waals surface area contributed by atoms with Crippen LogP contribution in [0.15, 0.2) is 0 Å². The van der Waals surface area contributed by atoms with Gasteiger partial charge in [0.05, 0.1) is 5.54 Å². The van der Waals surface area contributed by atoms with E-state index in [1.54, 1.807) is 6.92 Å².